The van der Waals surface area contributed by atoms with Gasteiger partial charge in [0.05, 0.1) is 6.04 Å². The maximum absolute atomic E-state index is 12.0. The van der Waals surface area contributed by atoms with Crippen LogP contribution in [0, 0.1) is 0 Å². The summed E-state index contributed by atoms with van der Waals surface area (Å²) < 4.78 is 44.8. The minimum atomic E-state index is -4.72. The summed E-state index contributed by atoms with van der Waals surface area (Å²) in [5.74, 6) is -0.254. The molecule has 1 aliphatic heterocycles. The molecular weight excluding hydrogens is 211 g/mol. The summed E-state index contributed by atoms with van der Waals surface area (Å²) in [5, 5.41) is 0. The summed E-state index contributed by atoms with van der Waals surface area (Å²) in [6.45, 7) is 0.174. The van der Waals surface area contributed by atoms with Gasteiger partial charge in [-0.3, -0.25) is 0 Å². The SMILES string of the molecule is N[C@H]1COc2c(OC(F)(F)F)cccc21. The average Bonchev–Trinajstić information content (AvgIpc) is 2.47. The van der Waals surface area contributed by atoms with Crippen molar-refractivity contribution < 1.29 is 22.6 Å². The molecule has 0 unspecified atom stereocenters. The van der Waals surface area contributed by atoms with E-state index in [1.54, 1.807) is 6.07 Å². The largest absolute Gasteiger partial charge is 0.573 e. The van der Waals surface area contributed by atoms with Crippen LogP contribution < -0.4 is 15.2 Å². The van der Waals surface area contributed by atoms with Crippen LogP contribution in [0.4, 0.5) is 13.2 Å². The molecule has 1 heterocycles. The maximum Gasteiger partial charge on any atom is 0.573 e. The Morgan fingerprint density at radius 1 is 1.40 bits per heavy atom. The fourth-order valence-corrected chi connectivity index (χ4v) is 1.45. The van der Waals surface area contributed by atoms with Gasteiger partial charge in [0.25, 0.3) is 0 Å². The lowest BCUT2D eigenvalue weighted by Crippen LogP contribution is -2.17. The van der Waals surface area contributed by atoms with Gasteiger partial charge in [-0.1, -0.05) is 12.1 Å². The summed E-state index contributed by atoms with van der Waals surface area (Å²) in [6.07, 6.45) is -4.72. The summed E-state index contributed by atoms with van der Waals surface area (Å²) in [4.78, 5) is 0. The number of para-hydroxylation sites is 1. The molecule has 0 saturated heterocycles. The Hall–Kier alpha value is -1.43. The molecule has 0 radical (unpaired) electrons. The Morgan fingerprint density at radius 2 is 2.13 bits per heavy atom. The molecule has 0 aromatic heterocycles. The molecule has 0 aliphatic carbocycles. The number of benzene rings is 1. The molecule has 1 aromatic rings. The van der Waals surface area contributed by atoms with Crippen molar-refractivity contribution in [2.75, 3.05) is 6.61 Å². The van der Waals surface area contributed by atoms with Crippen LogP contribution in [0.25, 0.3) is 0 Å². The highest BCUT2D eigenvalue weighted by Crippen LogP contribution is 2.41. The Kier molecular flexibility index (Phi) is 2.22. The van der Waals surface area contributed by atoms with E-state index in [-0.39, 0.29) is 18.1 Å². The Bertz CT molecular complexity index is 378. The van der Waals surface area contributed by atoms with Gasteiger partial charge in [-0.2, -0.15) is 0 Å². The Labute approximate surface area is 83.6 Å². The maximum atomic E-state index is 12.0. The first kappa shape index (κ1) is 10.1. The van der Waals surface area contributed by atoms with Crippen LogP contribution in [-0.2, 0) is 0 Å². The van der Waals surface area contributed by atoms with Gasteiger partial charge in [0.2, 0.25) is 0 Å². The van der Waals surface area contributed by atoms with E-state index in [9.17, 15) is 13.2 Å². The van der Waals surface area contributed by atoms with Gasteiger partial charge in [-0.15, -0.1) is 13.2 Å². The monoisotopic (exact) mass is 219 g/mol. The molecule has 2 rings (SSSR count). The number of nitrogens with two attached hydrogens (primary N) is 1. The van der Waals surface area contributed by atoms with Gasteiger partial charge in [0.1, 0.15) is 6.61 Å². The first-order valence-electron chi connectivity index (χ1n) is 4.24. The smallest absolute Gasteiger partial charge is 0.487 e. The molecule has 82 valence electrons. The van der Waals surface area contributed by atoms with Crippen molar-refractivity contribution in [3.63, 3.8) is 0 Å². The van der Waals surface area contributed by atoms with Gasteiger partial charge >= 0.3 is 6.36 Å². The highest BCUT2D eigenvalue weighted by Gasteiger charge is 2.34. The molecule has 0 amide bonds. The fraction of sp³-hybridized carbons (Fsp3) is 0.333. The summed E-state index contributed by atoms with van der Waals surface area (Å²) in [5.41, 5.74) is 6.16. The van der Waals surface area contributed by atoms with Crippen LogP contribution in [0.1, 0.15) is 11.6 Å². The zero-order chi connectivity index (χ0) is 11.1. The number of hydrogen-bond donors (Lipinski definition) is 1. The second-order valence-corrected chi connectivity index (χ2v) is 3.14. The minimum Gasteiger partial charge on any atom is -0.487 e. The van der Waals surface area contributed by atoms with Crippen molar-refractivity contribution in [2.24, 2.45) is 5.73 Å². The normalized spacial score (nSPS) is 19.6. The second kappa shape index (κ2) is 3.30. The van der Waals surface area contributed by atoms with Crippen molar-refractivity contribution in [2.45, 2.75) is 12.4 Å². The van der Waals surface area contributed by atoms with E-state index in [1.807, 2.05) is 0 Å². The highest BCUT2D eigenvalue weighted by molar-refractivity contribution is 5.50. The van der Waals surface area contributed by atoms with E-state index < -0.39 is 12.4 Å². The molecule has 6 heteroatoms. The number of rotatable bonds is 1. The first-order valence-corrected chi connectivity index (χ1v) is 4.24. The van der Waals surface area contributed by atoms with E-state index in [2.05, 4.69) is 4.74 Å². The third kappa shape index (κ3) is 1.99. The molecule has 0 bridgehead atoms. The number of halogens is 3. The number of alkyl halides is 3. The van der Waals surface area contributed by atoms with E-state index in [0.29, 0.717) is 5.56 Å². The van der Waals surface area contributed by atoms with Crippen LogP contribution in [0.2, 0.25) is 0 Å². The van der Waals surface area contributed by atoms with Gasteiger partial charge in [-0.25, -0.2) is 0 Å². The first-order chi connectivity index (χ1) is 6.97. The Morgan fingerprint density at radius 3 is 2.80 bits per heavy atom. The molecule has 1 aromatic carbocycles. The molecule has 3 nitrogen and oxygen atoms in total. The van der Waals surface area contributed by atoms with Gasteiger partial charge in [0, 0.05) is 5.56 Å². The number of ether oxygens (including phenoxy) is 2. The van der Waals surface area contributed by atoms with Crippen LogP contribution in [0.5, 0.6) is 11.5 Å². The van der Waals surface area contributed by atoms with Crippen LogP contribution in [-0.4, -0.2) is 13.0 Å². The molecule has 15 heavy (non-hydrogen) atoms. The average molecular weight is 219 g/mol. The zero-order valence-corrected chi connectivity index (χ0v) is 7.54. The molecule has 1 aliphatic rings. The van der Waals surface area contributed by atoms with Crippen molar-refractivity contribution in [3.8, 4) is 11.5 Å². The highest BCUT2D eigenvalue weighted by atomic mass is 19.4. The van der Waals surface area contributed by atoms with E-state index in [4.69, 9.17) is 10.5 Å². The fourth-order valence-electron chi connectivity index (χ4n) is 1.45. The zero-order valence-electron chi connectivity index (χ0n) is 7.54. The molecule has 0 fully saturated rings. The van der Waals surface area contributed by atoms with E-state index in [0.717, 1.165) is 0 Å². The van der Waals surface area contributed by atoms with Crippen molar-refractivity contribution in [1.29, 1.82) is 0 Å². The van der Waals surface area contributed by atoms with Crippen molar-refractivity contribution in [1.82, 2.24) is 0 Å². The lowest BCUT2D eigenvalue weighted by molar-refractivity contribution is -0.275. The predicted octanol–water partition coefficient (Wildman–Crippen LogP) is 1.98. The summed E-state index contributed by atoms with van der Waals surface area (Å²) >= 11 is 0. The van der Waals surface area contributed by atoms with Gasteiger partial charge in [-0.05, 0) is 6.07 Å². The van der Waals surface area contributed by atoms with Crippen LogP contribution >= 0.6 is 0 Å². The lowest BCUT2D eigenvalue weighted by atomic mass is 10.1. The molecule has 1 atom stereocenters. The summed E-state index contributed by atoms with van der Waals surface area (Å²) in [6, 6.07) is 3.88. The standard InChI is InChI=1S/C9H8F3NO2/c10-9(11,12)15-7-3-1-2-5-6(13)4-14-8(5)7/h1-3,6H,4,13H2/t6-/m0/s1. The van der Waals surface area contributed by atoms with Gasteiger partial charge < -0.3 is 15.2 Å². The number of hydrogen-bond acceptors (Lipinski definition) is 3. The van der Waals surface area contributed by atoms with Crippen molar-refractivity contribution >= 4 is 0 Å². The van der Waals surface area contributed by atoms with Gasteiger partial charge in [0.15, 0.2) is 11.5 Å². The number of fused-ring (bicyclic) bond motifs is 1. The minimum absolute atomic E-state index is 0.0855. The molecule has 0 saturated carbocycles. The predicted molar refractivity (Wildman–Crippen MR) is 45.5 cm³/mol. The Balaban J connectivity index is 2.34. The molecule has 2 N–H and O–H groups in total. The summed E-state index contributed by atoms with van der Waals surface area (Å²) in [7, 11) is 0. The van der Waals surface area contributed by atoms with Crippen molar-refractivity contribution in [3.05, 3.63) is 23.8 Å². The second-order valence-electron chi connectivity index (χ2n) is 3.14. The van der Waals surface area contributed by atoms with Crippen LogP contribution in [0.15, 0.2) is 18.2 Å². The lowest BCUT2D eigenvalue weighted by Gasteiger charge is -2.11. The third-order valence-corrected chi connectivity index (χ3v) is 2.04. The van der Waals surface area contributed by atoms with E-state index in [1.165, 1.54) is 12.1 Å². The molecular formula is C9H8F3NO2. The topological polar surface area (TPSA) is 44.5 Å². The van der Waals surface area contributed by atoms with E-state index >= 15 is 0 Å². The third-order valence-electron chi connectivity index (χ3n) is 2.04. The molecule has 0 spiro atoms. The van der Waals surface area contributed by atoms with Crippen LogP contribution in [0.3, 0.4) is 0 Å². The quantitative estimate of drug-likeness (QED) is 0.785.